The van der Waals surface area contributed by atoms with Gasteiger partial charge in [-0.1, -0.05) is 19.1 Å². The zero-order chi connectivity index (χ0) is 12.9. The lowest BCUT2D eigenvalue weighted by atomic mass is 10.2. The number of benzene rings is 1. The summed E-state index contributed by atoms with van der Waals surface area (Å²) in [7, 11) is 1.62. The van der Waals surface area contributed by atoms with E-state index < -0.39 is 9.05 Å². The third kappa shape index (κ3) is 5.07. The lowest BCUT2D eigenvalue weighted by Gasteiger charge is -2.12. The normalized spacial score (nSPS) is 12.8. The van der Waals surface area contributed by atoms with E-state index in [1.165, 1.54) is 0 Å². The molecule has 0 aromatic heterocycles. The van der Waals surface area contributed by atoms with Crippen molar-refractivity contribution in [2.45, 2.75) is 6.92 Å². The Balaban J connectivity index is 2.59. The minimum absolute atomic E-state index is 0.150. The van der Waals surface area contributed by atoms with E-state index in [1.54, 1.807) is 31.2 Å². The van der Waals surface area contributed by atoms with Crippen LogP contribution in [0.15, 0.2) is 24.3 Å². The van der Waals surface area contributed by atoms with Crippen LogP contribution >= 0.6 is 10.7 Å². The summed E-state index contributed by atoms with van der Waals surface area (Å²) < 4.78 is 27.1. The van der Waals surface area contributed by atoms with Crippen LogP contribution in [0.25, 0.3) is 0 Å². The van der Waals surface area contributed by atoms with E-state index in [2.05, 4.69) is 0 Å². The van der Waals surface area contributed by atoms with Crippen molar-refractivity contribution in [3.63, 3.8) is 0 Å². The van der Waals surface area contributed by atoms with Gasteiger partial charge in [-0.25, -0.2) is 8.42 Å². The van der Waals surface area contributed by atoms with Gasteiger partial charge >= 0.3 is 0 Å². The maximum Gasteiger partial charge on any atom is 0.232 e. The van der Waals surface area contributed by atoms with Gasteiger partial charge in [0.05, 0.1) is 17.9 Å². The summed E-state index contributed by atoms with van der Waals surface area (Å²) in [6.07, 6.45) is 0. The molecular weight excluding hydrogens is 262 g/mol. The maximum atomic E-state index is 10.8. The minimum atomic E-state index is -3.52. The Morgan fingerprint density at radius 1 is 1.47 bits per heavy atom. The fraction of sp³-hybridized carbons (Fsp3) is 0.364. The molecule has 4 nitrogen and oxygen atoms in total. The molecule has 0 saturated carbocycles. The number of hydrogen-bond acceptors (Lipinski definition) is 4. The van der Waals surface area contributed by atoms with Gasteiger partial charge in [0.15, 0.2) is 0 Å². The first-order valence-corrected chi connectivity index (χ1v) is 7.44. The minimum Gasteiger partial charge on any atom is -0.492 e. The molecule has 0 aliphatic heterocycles. The smallest absolute Gasteiger partial charge is 0.232 e. The van der Waals surface area contributed by atoms with Gasteiger partial charge in [-0.15, -0.1) is 0 Å². The lowest BCUT2D eigenvalue weighted by molar-refractivity contribution is 0.271. The van der Waals surface area contributed by atoms with Gasteiger partial charge in [-0.3, -0.25) is 0 Å². The number of nitrogens with zero attached hydrogens (tertiary/aromatic N) is 1. The summed E-state index contributed by atoms with van der Waals surface area (Å²) in [6.45, 7) is 1.92. The standard InChI is InChI=1S/C11H12ClNO3S/c1-9(8-17(12,14)15)7-16-11-5-3-2-4-10(11)6-13/h2-5,9H,7-8H2,1H3. The number of para-hydroxylation sites is 1. The third-order valence-corrected chi connectivity index (χ3v) is 3.36. The topological polar surface area (TPSA) is 67.2 Å². The third-order valence-electron chi connectivity index (χ3n) is 2.01. The van der Waals surface area contributed by atoms with Crippen LogP contribution in [0, 0.1) is 17.2 Å². The van der Waals surface area contributed by atoms with Crippen molar-refractivity contribution >= 4 is 19.7 Å². The molecule has 0 radical (unpaired) electrons. The second kappa shape index (κ2) is 5.89. The number of nitriles is 1. The van der Waals surface area contributed by atoms with Crippen molar-refractivity contribution in [1.82, 2.24) is 0 Å². The summed E-state index contributed by atoms with van der Waals surface area (Å²) >= 11 is 0. The first kappa shape index (κ1) is 13.8. The Hall–Kier alpha value is -1.25. The second-order valence-electron chi connectivity index (χ2n) is 3.73. The fourth-order valence-electron chi connectivity index (χ4n) is 1.30. The highest BCUT2D eigenvalue weighted by Gasteiger charge is 2.13. The molecule has 17 heavy (non-hydrogen) atoms. The first-order valence-electron chi connectivity index (χ1n) is 4.96. The number of halogens is 1. The van der Waals surface area contributed by atoms with Crippen molar-refractivity contribution in [2.24, 2.45) is 5.92 Å². The van der Waals surface area contributed by atoms with Gasteiger partial charge < -0.3 is 4.74 Å². The summed E-state index contributed by atoms with van der Waals surface area (Å²) in [5, 5.41) is 8.82. The average molecular weight is 274 g/mol. The number of ether oxygens (including phenoxy) is 1. The van der Waals surface area contributed by atoms with Crippen LogP contribution in [0.4, 0.5) is 0 Å². The fourth-order valence-corrected chi connectivity index (χ4v) is 2.73. The molecule has 0 spiro atoms. The van der Waals surface area contributed by atoms with Crippen LogP contribution in [0.1, 0.15) is 12.5 Å². The Labute approximate surface area is 105 Å². The van der Waals surface area contributed by atoms with Crippen LogP contribution in [0.5, 0.6) is 5.75 Å². The van der Waals surface area contributed by atoms with Crippen molar-refractivity contribution < 1.29 is 13.2 Å². The average Bonchev–Trinajstić information content (AvgIpc) is 2.24. The van der Waals surface area contributed by atoms with Gasteiger partial charge in [0.25, 0.3) is 0 Å². The van der Waals surface area contributed by atoms with E-state index in [0.29, 0.717) is 11.3 Å². The molecule has 1 unspecified atom stereocenters. The Kier molecular flexibility index (Phi) is 4.79. The van der Waals surface area contributed by atoms with E-state index in [9.17, 15) is 8.42 Å². The van der Waals surface area contributed by atoms with E-state index in [4.69, 9.17) is 20.7 Å². The van der Waals surface area contributed by atoms with Gasteiger partial charge in [0.1, 0.15) is 11.8 Å². The number of hydrogen-bond donors (Lipinski definition) is 0. The maximum absolute atomic E-state index is 10.8. The summed E-state index contributed by atoms with van der Waals surface area (Å²) in [5.74, 6) is 0.0709. The molecule has 1 aromatic rings. The number of rotatable bonds is 5. The molecule has 0 aliphatic carbocycles. The molecule has 0 N–H and O–H groups in total. The molecule has 0 amide bonds. The Morgan fingerprint density at radius 2 is 2.12 bits per heavy atom. The van der Waals surface area contributed by atoms with E-state index in [0.717, 1.165) is 0 Å². The van der Waals surface area contributed by atoms with Crippen molar-refractivity contribution in [2.75, 3.05) is 12.4 Å². The molecule has 92 valence electrons. The molecule has 1 atom stereocenters. The first-order chi connectivity index (χ1) is 7.92. The van der Waals surface area contributed by atoms with Crippen LogP contribution < -0.4 is 4.74 Å². The SMILES string of the molecule is CC(COc1ccccc1C#N)CS(=O)(=O)Cl. The molecule has 1 rings (SSSR count). The Bertz CT molecular complexity index is 522. The second-order valence-corrected chi connectivity index (χ2v) is 6.55. The van der Waals surface area contributed by atoms with Crippen LogP contribution in [0.2, 0.25) is 0 Å². The highest BCUT2D eigenvalue weighted by atomic mass is 35.7. The molecule has 0 bridgehead atoms. The zero-order valence-corrected chi connectivity index (χ0v) is 10.8. The molecular formula is C11H12ClNO3S. The Morgan fingerprint density at radius 3 is 2.71 bits per heavy atom. The van der Waals surface area contributed by atoms with Gasteiger partial charge in [-0.05, 0) is 12.1 Å². The quantitative estimate of drug-likeness (QED) is 0.771. The van der Waals surface area contributed by atoms with Gasteiger partial charge in [0.2, 0.25) is 9.05 Å². The monoisotopic (exact) mass is 273 g/mol. The molecule has 0 fully saturated rings. The molecule has 0 saturated heterocycles. The summed E-state index contributed by atoms with van der Waals surface area (Å²) in [5.41, 5.74) is 0.424. The van der Waals surface area contributed by atoms with E-state index in [1.807, 2.05) is 6.07 Å². The highest BCUT2D eigenvalue weighted by Crippen LogP contribution is 2.17. The van der Waals surface area contributed by atoms with Gasteiger partial charge in [-0.2, -0.15) is 5.26 Å². The van der Waals surface area contributed by atoms with E-state index in [-0.39, 0.29) is 18.3 Å². The molecule has 1 aromatic carbocycles. The largest absolute Gasteiger partial charge is 0.492 e. The summed E-state index contributed by atoms with van der Waals surface area (Å²) in [6, 6.07) is 8.79. The zero-order valence-electron chi connectivity index (χ0n) is 9.26. The lowest BCUT2D eigenvalue weighted by Crippen LogP contribution is -2.16. The highest BCUT2D eigenvalue weighted by molar-refractivity contribution is 8.13. The van der Waals surface area contributed by atoms with Crippen LogP contribution in [-0.4, -0.2) is 20.8 Å². The van der Waals surface area contributed by atoms with E-state index >= 15 is 0 Å². The predicted octanol–water partition coefficient (Wildman–Crippen LogP) is 2.14. The molecule has 0 aliphatic rings. The molecule has 0 heterocycles. The van der Waals surface area contributed by atoms with Crippen molar-refractivity contribution in [3.8, 4) is 11.8 Å². The van der Waals surface area contributed by atoms with Crippen molar-refractivity contribution in [3.05, 3.63) is 29.8 Å². The van der Waals surface area contributed by atoms with Crippen molar-refractivity contribution in [1.29, 1.82) is 5.26 Å². The van der Waals surface area contributed by atoms with Crippen LogP contribution in [-0.2, 0) is 9.05 Å². The molecule has 6 heteroatoms. The summed E-state index contributed by atoms with van der Waals surface area (Å²) in [4.78, 5) is 0. The van der Waals surface area contributed by atoms with Crippen LogP contribution in [0.3, 0.4) is 0 Å². The predicted molar refractivity (Wildman–Crippen MR) is 65.5 cm³/mol. The van der Waals surface area contributed by atoms with Gasteiger partial charge in [0, 0.05) is 16.6 Å².